The first-order chi connectivity index (χ1) is 14.3. The number of benzene rings is 2. The lowest BCUT2D eigenvalue weighted by Gasteiger charge is -2.16. The molecule has 1 aliphatic heterocycles. The molecule has 0 saturated carbocycles. The molecule has 30 heavy (non-hydrogen) atoms. The SMILES string of the molecule is C=CCOc1c(Br)cc(/C=C2/SC(=S)N(c3ccc(C)c(C)c3)C2=O)cc1OCC. The number of anilines is 1. The predicted molar refractivity (Wildman–Crippen MR) is 133 cm³/mol. The number of nitrogens with zero attached hydrogens (tertiary/aromatic N) is 1. The van der Waals surface area contributed by atoms with Crippen molar-refractivity contribution in [2.24, 2.45) is 0 Å². The summed E-state index contributed by atoms with van der Waals surface area (Å²) in [6.07, 6.45) is 3.50. The van der Waals surface area contributed by atoms with Crippen molar-refractivity contribution in [2.45, 2.75) is 20.8 Å². The van der Waals surface area contributed by atoms with Crippen molar-refractivity contribution < 1.29 is 14.3 Å². The molecule has 0 unspecified atom stereocenters. The van der Waals surface area contributed by atoms with Crippen LogP contribution in [-0.2, 0) is 4.79 Å². The van der Waals surface area contributed by atoms with E-state index in [2.05, 4.69) is 22.5 Å². The van der Waals surface area contributed by atoms with Crippen LogP contribution in [-0.4, -0.2) is 23.4 Å². The minimum absolute atomic E-state index is 0.130. The quantitative estimate of drug-likeness (QED) is 0.247. The molecule has 1 heterocycles. The van der Waals surface area contributed by atoms with E-state index in [1.54, 1.807) is 11.0 Å². The van der Waals surface area contributed by atoms with Crippen LogP contribution < -0.4 is 14.4 Å². The van der Waals surface area contributed by atoms with Crippen molar-refractivity contribution in [3.05, 3.63) is 69.1 Å². The Morgan fingerprint density at radius 1 is 1.20 bits per heavy atom. The number of carbonyl (C=O) groups is 1. The van der Waals surface area contributed by atoms with Gasteiger partial charge in [0.25, 0.3) is 5.91 Å². The first kappa shape index (κ1) is 22.6. The minimum Gasteiger partial charge on any atom is -0.490 e. The zero-order valence-corrected chi connectivity index (χ0v) is 20.2. The van der Waals surface area contributed by atoms with E-state index in [1.807, 2.05) is 57.2 Å². The van der Waals surface area contributed by atoms with Crippen molar-refractivity contribution in [1.29, 1.82) is 0 Å². The first-order valence-electron chi connectivity index (χ1n) is 9.41. The molecule has 0 bridgehead atoms. The van der Waals surface area contributed by atoms with Crippen LogP contribution in [0, 0.1) is 13.8 Å². The molecule has 0 radical (unpaired) electrons. The maximum absolute atomic E-state index is 13.1. The smallest absolute Gasteiger partial charge is 0.270 e. The number of rotatable bonds is 7. The van der Waals surface area contributed by atoms with Crippen molar-refractivity contribution in [1.82, 2.24) is 0 Å². The standard InChI is InChI=1S/C23H22BrNO3S2/c1-5-9-28-21-18(24)11-16(12-19(21)27-6-2)13-20-22(26)25(23(29)30-20)17-8-7-14(3)15(4)10-17/h5,7-8,10-13H,1,6,9H2,2-4H3/b20-13+. The third-order valence-corrected chi connectivity index (χ3v) is 6.41. The number of carbonyl (C=O) groups excluding carboxylic acids is 1. The van der Waals surface area contributed by atoms with Gasteiger partial charge in [-0.3, -0.25) is 9.69 Å². The highest BCUT2D eigenvalue weighted by Gasteiger charge is 2.33. The number of hydrogen-bond acceptors (Lipinski definition) is 5. The second-order valence-electron chi connectivity index (χ2n) is 6.65. The molecule has 4 nitrogen and oxygen atoms in total. The van der Waals surface area contributed by atoms with E-state index in [0.29, 0.717) is 33.9 Å². The third-order valence-electron chi connectivity index (χ3n) is 4.52. The molecule has 0 N–H and O–H groups in total. The summed E-state index contributed by atoms with van der Waals surface area (Å²) in [5.41, 5.74) is 3.89. The maximum atomic E-state index is 13.1. The lowest BCUT2D eigenvalue weighted by molar-refractivity contribution is -0.113. The Kier molecular flexibility index (Phi) is 7.39. The lowest BCUT2D eigenvalue weighted by Crippen LogP contribution is -2.27. The van der Waals surface area contributed by atoms with Crippen LogP contribution in [0.2, 0.25) is 0 Å². The van der Waals surface area contributed by atoms with Gasteiger partial charge in [0.2, 0.25) is 0 Å². The van der Waals surface area contributed by atoms with Crippen molar-refractivity contribution in [2.75, 3.05) is 18.1 Å². The van der Waals surface area contributed by atoms with Gasteiger partial charge in [0.15, 0.2) is 15.8 Å². The predicted octanol–water partition coefficient (Wildman–Crippen LogP) is 6.44. The summed E-state index contributed by atoms with van der Waals surface area (Å²) in [7, 11) is 0. The van der Waals surface area contributed by atoms with Gasteiger partial charge in [-0.15, -0.1) is 0 Å². The zero-order chi connectivity index (χ0) is 21.8. The molecule has 7 heteroatoms. The van der Waals surface area contributed by atoms with Crippen LogP contribution in [0.1, 0.15) is 23.6 Å². The van der Waals surface area contributed by atoms with Crippen LogP contribution >= 0.6 is 39.9 Å². The lowest BCUT2D eigenvalue weighted by atomic mass is 10.1. The monoisotopic (exact) mass is 503 g/mol. The van der Waals surface area contributed by atoms with Crippen molar-refractivity contribution in [3.8, 4) is 11.5 Å². The second-order valence-corrected chi connectivity index (χ2v) is 9.18. The Balaban J connectivity index is 1.94. The number of amides is 1. The average molecular weight is 504 g/mol. The molecule has 1 aliphatic rings. The Bertz CT molecular complexity index is 1050. The molecular formula is C23H22BrNO3S2. The van der Waals surface area contributed by atoms with Gasteiger partial charge in [-0.25, -0.2) is 0 Å². The summed E-state index contributed by atoms with van der Waals surface area (Å²) in [6, 6.07) is 9.66. The van der Waals surface area contributed by atoms with Crippen LogP contribution in [0.4, 0.5) is 5.69 Å². The Labute approximate surface area is 195 Å². The topological polar surface area (TPSA) is 38.8 Å². The van der Waals surface area contributed by atoms with Gasteiger partial charge in [-0.1, -0.05) is 42.7 Å². The van der Waals surface area contributed by atoms with Gasteiger partial charge in [0.05, 0.1) is 21.7 Å². The number of halogens is 1. The van der Waals surface area contributed by atoms with Crippen molar-refractivity contribution >= 4 is 61.9 Å². The van der Waals surface area contributed by atoms with E-state index >= 15 is 0 Å². The van der Waals surface area contributed by atoms with E-state index < -0.39 is 0 Å². The van der Waals surface area contributed by atoms with Crippen LogP contribution in [0.5, 0.6) is 11.5 Å². The normalized spacial score (nSPS) is 15.1. The molecule has 2 aromatic carbocycles. The van der Waals surface area contributed by atoms with Crippen LogP contribution in [0.25, 0.3) is 6.08 Å². The molecule has 1 fully saturated rings. The molecule has 1 saturated heterocycles. The molecule has 3 rings (SSSR count). The first-order valence-corrected chi connectivity index (χ1v) is 11.4. The minimum atomic E-state index is -0.130. The molecule has 0 atom stereocenters. The van der Waals surface area contributed by atoms with E-state index in [4.69, 9.17) is 21.7 Å². The van der Waals surface area contributed by atoms with Crippen molar-refractivity contribution in [3.63, 3.8) is 0 Å². The number of hydrogen-bond donors (Lipinski definition) is 0. The van der Waals surface area contributed by atoms with Crippen LogP contribution in [0.15, 0.2) is 52.4 Å². The molecular weight excluding hydrogens is 482 g/mol. The van der Waals surface area contributed by atoms with E-state index in [-0.39, 0.29) is 5.91 Å². The molecule has 0 aliphatic carbocycles. The summed E-state index contributed by atoms with van der Waals surface area (Å²) in [6.45, 7) is 10.5. The molecule has 1 amide bonds. The van der Waals surface area contributed by atoms with Gasteiger partial charge in [-0.2, -0.15) is 0 Å². The zero-order valence-electron chi connectivity index (χ0n) is 17.0. The third kappa shape index (κ3) is 4.79. The Hall–Kier alpha value is -2.09. The fourth-order valence-electron chi connectivity index (χ4n) is 2.92. The highest BCUT2D eigenvalue weighted by atomic mass is 79.9. The Morgan fingerprint density at radius 3 is 2.63 bits per heavy atom. The van der Waals surface area contributed by atoms with Gasteiger partial charge in [-0.05, 0) is 83.7 Å². The van der Waals surface area contributed by atoms with Gasteiger partial charge < -0.3 is 9.47 Å². The Morgan fingerprint density at radius 2 is 1.97 bits per heavy atom. The molecule has 0 spiro atoms. The number of thiocarbonyl (C=S) groups is 1. The summed E-state index contributed by atoms with van der Waals surface area (Å²) >= 11 is 10.3. The van der Waals surface area contributed by atoms with Gasteiger partial charge in [0, 0.05) is 0 Å². The molecule has 0 aromatic heterocycles. The fraction of sp³-hybridized carbons (Fsp3) is 0.217. The molecule has 156 valence electrons. The summed E-state index contributed by atoms with van der Waals surface area (Å²) < 4.78 is 12.7. The van der Waals surface area contributed by atoms with E-state index in [9.17, 15) is 4.79 Å². The largest absolute Gasteiger partial charge is 0.490 e. The molecule has 2 aromatic rings. The van der Waals surface area contributed by atoms with Gasteiger partial charge in [0.1, 0.15) is 6.61 Å². The van der Waals surface area contributed by atoms with Gasteiger partial charge >= 0.3 is 0 Å². The number of ether oxygens (including phenoxy) is 2. The highest BCUT2D eigenvalue weighted by Crippen LogP contribution is 2.40. The summed E-state index contributed by atoms with van der Waals surface area (Å²) in [5.74, 6) is 1.08. The second kappa shape index (κ2) is 9.81. The summed E-state index contributed by atoms with van der Waals surface area (Å²) in [5, 5.41) is 0. The fourth-order valence-corrected chi connectivity index (χ4v) is 4.80. The maximum Gasteiger partial charge on any atom is 0.270 e. The number of thioether (sulfide) groups is 1. The van der Waals surface area contributed by atoms with Crippen LogP contribution in [0.3, 0.4) is 0 Å². The van der Waals surface area contributed by atoms with E-state index in [1.165, 1.54) is 17.3 Å². The summed E-state index contributed by atoms with van der Waals surface area (Å²) in [4.78, 5) is 15.2. The average Bonchev–Trinajstić information content (AvgIpc) is 2.97. The van der Waals surface area contributed by atoms with E-state index in [0.717, 1.165) is 21.3 Å². The highest BCUT2D eigenvalue weighted by molar-refractivity contribution is 9.10. The number of aryl methyl sites for hydroxylation is 2.